The van der Waals surface area contributed by atoms with Gasteiger partial charge in [0, 0.05) is 19.3 Å². The van der Waals surface area contributed by atoms with Gasteiger partial charge in [-0.05, 0) is 25.0 Å². The van der Waals surface area contributed by atoms with E-state index in [0.717, 1.165) is 5.56 Å². The fourth-order valence-corrected chi connectivity index (χ4v) is 2.49. The van der Waals surface area contributed by atoms with Gasteiger partial charge < -0.3 is 14.6 Å². The van der Waals surface area contributed by atoms with E-state index in [-0.39, 0.29) is 5.91 Å². The van der Waals surface area contributed by atoms with Gasteiger partial charge in [0.15, 0.2) is 0 Å². The van der Waals surface area contributed by atoms with E-state index < -0.39 is 5.97 Å². The van der Waals surface area contributed by atoms with Crippen LogP contribution in [0.4, 0.5) is 0 Å². The standard InChI is InChI=1S/C17H20N2O3/c1-11-14(17(21)22-4)12(2)18-15(11)16(20)19(3)10-13-8-6-5-7-9-13/h5-9,18H,10H2,1-4H3. The van der Waals surface area contributed by atoms with Crippen LogP contribution in [0.25, 0.3) is 0 Å². The lowest BCUT2D eigenvalue weighted by Gasteiger charge is -2.17. The van der Waals surface area contributed by atoms with E-state index >= 15 is 0 Å². The summed E-state index contributed by atoms with van der Waals surface area (Å²) in [5, 5.41) is 0. The van der Waals surface area contributed by atoms with Gasteiger partial charge in [-0.25, -0.2) is 4.79 Å². The Hall–Kier alpha value is -2.56. The number of esters is 1. The Balaban J connectivity index is 2.24. The Morgan fingerprint density at radius 3 is 2.41 bits per heavy atom. The molecule has 0 atom stereocenters. The first-order valence-corrected chi connectivity index (χ1v) is 7.02. The van der Waals surface area contributed by atoms with Crippen LogP contribution < -0.4 is 0 Å². The second-order valence-electron chi connectivity index (χ2n) is 5.26. The molecular formula is C17H20N2O3. The number of carbonyl (C=O) groups excluding carboxylic acids is 2. The molecule has 0 unspecified atom stereocenters. The monoisotopic (exact) mass is 300 g/mol. The summed E-state index contributed by atoms with van der Waals surface area (Å²) in [6.07, 6.45) is 0. The van der Waals surface area contributed by atoms with Crippen molar-refractivity contribution in [3.05, 3.63) is 58.4 Å². The molecule has 0 saturated carbocycles. The third-order valence-electron chi connectivity index (χ3n) is 3.65. The largest absolute Gasteiger partial charge is 0.465 e. The molecule has 0 radical (unpaired) electrons. The van der Waals surface area contributed by atoms with Crippen LogP contribution in [0, 0.1) is 13.8 Å². The molecule has 116 valence electrons. The second kappa shape index (κ2) is 6.47. The number of aryl methyl sites for hydroxylation is 1. The lowest BCUT2D eigenvalue weighted by atomic mass is 10.1. The molecule has 1 aromatic heterocycles. The van der Waals surface area contributed by atoms with Gasteiger partial charge in [0.2, 0.25) is 0 Å². The minimum atomic E-state index is -0.434. The molecule has 0 fully saturated rings. The smallest absolute Gasteiger partial charge is 0.339 e. The Morgan fingerprint density at radius 1 is 1.18 bits per heavy atom. The Kier molecular flexibility index (Phi) is 4.65. The third kappa shape index (κ3) is 3.03. The maximum absolute atomic E-state index is 12.6. The number of methoxy groups -OCH3 is 1. The number of hydrogen-bond donors (Lipinski definition) is 1. The van der Waals surface area contributed by atoms with Gasteiger partial charge in [0.1, 0.15) is 5.69 Å². The molecule has 2 aromatic rings. The van der Waals surface area contributed by atoms with Crippen LogP contribution in [0.1, 0.15) is 37.7 Å². The molecule has 2 rings (SSSR count). The number of aromatic nitrogens is 1. The van der Waals surface area contributed by atoms with E-state index in [1.807, 2.05) is 30.3 Å². The van der Waals surface area contributed by atoms with E-state index in [0.29, 0.717) is 29.1 Å². The highest BCUT2D eigenvalue weighted by Crippen LogP contribution is 2.20. The molecule has 5 nitrogen and oxygen atoms in total. The zero-order valence-corrected chi connectivity index (χ0v) is 13.3. The summed E-state index contributed by atoms with van der Waals surface area (Å²) in [7, 11) is 3.07. The van der Waals surface area contributed by atoms with Gasteiger partial charge in [-0.2, -0.15) is 0 Å². The van der Waals surface area contributed by atoms with Crippen molar-refractivity contribution in [1.29, 1.82) is 0 Å². The number of aromatic amines is 1. The van der Waals surface area contributed by atoms with Crippen molar-refractivity contribution in [2.75, 3.05) is 14.2 Å². The summed E-state index contributed by atoms with van der Waals surface area (Å²) in [5.74, 6) is -0.587. The molecule has 0 saturated heterocycles. The number of hydrogen-bond acceptors (Lipinski definition) is 3. The summed E-state index contributed by atoms with van der Waals surface area (Å²) in [6.45, 7) is 4.01. The number of nitrogens with one attached hydrogen (secondary N) is 1. The zero-order chi connectivity index (χ0) is 16.3. The number of carbonyl (C=O) groups is 2. The fraction of sp³-hybridized carbons (Fsp3) is 0.294. The summed E-state index contributed by atoms with van der Waals surface area (Å²) in [4.78, 5) is 29.0. The van der Waals surface area contributed by atoms with Crippen molar-refractivity contribution < 1.29 is 14.3 Å². The van der Waals surface area contributed by atoms with Gasteiger partial charge in [-0.3, -0.25) is 4.79 Å². The van der Waals surface area contributed by atoms with Crippen LogP contribution in [0.15, 0.2) is 30.3 Å². The molecular weight excluding hydrogens is 280 g/mol. The van der Waals surface area contributed by atoms with Crippen LogP contribution in [-0.4, -0.2) is 35.9 Å². The normalized spacial score (nSPS) is 10.4. The molecule has 0 bridgehead atoms. The van der Waals surface area contributed by atoms with Crippen molar-refractivity contribution in [2.24, 2.45) is 0 Å². The highest BCUT2D eigenvalue weighted by molar-refractivity contribution is 6.00. The first-order valence-electron chi connectivity index (χ1n) is 7.02. The quantitative estimate of drug-likeness (QED) is 0.883. The van der Waals surface area contributed by atoms with Crippen molar-refractivity contribution in [1.82, 2.24) is 9.88 Å². The van der Waals surface area contributed by atoms with Crippen LogP contribution in [0.2, 0.25) is 0 Å². The molecule has 0 aliphatic heterocycles. The van der Waals surface area contributed by atoms with Crippen LogP contribution >= 0.6 is 0 Å². The fourth-order valence-electron chi connectivity index (χ4n) is 2.49. The Morgan fingerprint density at radius 2 is 1.82 bits per heavy atom. The zero-order valence-electron chi connectivity index (χ0n) is 13.3. The van der Waals surface area contributed by atoms with E-state index in [4.69, 9.17) is 4.74 Å². The highest BCUT2D eigenvalue weighted by atomic mass is 16.5. The van der Waals surface area contributed by atoms with Crippen molar-refractivity contribution in [3.8, 4) is 0 Å². The van der Waals surface area contributed by atoms with Gasteiger partial charge in [0.05, 0.1) is 12.7 Å². The molecule has 1 heterocycles. The molecule has 1 aromatic carbocycles. The molecule has 22 heavy (non-hydrogen) atoms. The van der Waals surface area contributed by atoms with Crippen LogP contribution in [0.3, 0.4) is 0 Å². The number of H-pyrrole nitrogens is 1. The summed E-state index contributed by atoms with van der Waals surface area (Å²) < 4.78 is 4.76. The molecule has 1 amide bonds. The average Bonchev–Trinajstić information content (AvgIpc) is 2.81. The Bertz CT molecular complexity index is 689. The lowest BCUT2D eigenvalue weighted by Crippen LogP contribution is -2.27. The average molecular weight is 300 g/mol. The Labute approximate surface area is 129 Å². The topological polar surface area (TPSA) is 62.4 Å². The maximum Gasteiger partial charge on any atom is 0.339 e. The van der Waals surface area contributed by atoms with Gasteiger partial charge in [-0.1, -0.05) is 30.3 Å². The minimum absolute atomic E-state index is 0.153. The van der Waals surface area contributed by atoms with Crippen molar-refractivity contribution >= 4 is 11.9 Å². The number of rotatable bonds is 4. The van der Waals surface area contributed by atoms with Crippen molar-refractivity contribution in [2.45, 2.75) is 20.4 Å². The van der Waals surface area contributed by atoms with Gasteiger partial charge in [-0.15, -0.1) is 0 Å². The number of benzene rings is 1. The predicted octanol–water partition coefficient (Wildman–Crippen LogP) is 2.69. The second-order valence-corrected chi connectivity index (χ2v) is 5.26. The molecule has 1 N–H and O–H groups in total. The summed E-state index contributed by atoms with van der Waals surface area (Å²) in [5.41, 5.74) is 3.16. The van der Waals surface area contributed by atoms with Gasteiger partial charge in [0.25, 0.3) is 5.91 Å². The van der Waals surface area contributed by atoms with E-state index in [2.05, 4.69) is 4.98 Å². The predicted molar refractivity (Wildman–Crippen MR) is 83.8 cm³/mol. The van der Waals surface area contributed by atoms with Crippen LogP contribution in [-0.2, 0) is 11.3 Å². The summed E-state index contributed by atoms with van der Waals surface area (Å²) >= 11 is 0. The van der Waals surface area contributed by atoms with Gasteiger partial charge >= 0.3 is 5.97 Å². The van der Waals surface area contributed by atoms with E-state index in [1.165, 1.54) is 7.11 Å². The third-order valence-corrected chi connectivity index (χ3v) is 3.65. The number of ether oxygens (including phenoxy) is 1. The maximum atomic E-state index is 12.6. The highest BCUT2D eigenvalue weighted by Gasteiger charge is 2.24. The van der Waals surface area contributed by atoms with E-state index in [1.54, 1.807) is 25.8 Å². The molecule has 0 aliphatic rings. The van der Waals surface area contributed by atoms with Crippen LogP contribution in [0.5, 0.6) is 0 Å². The SMILES string of the molecule is COC(=O)c1c(C)[nH]c(C(=O)N(C)Cc2ccccc2)c1C. The lowest BCUT2D eigenvalue weighted by molar-refractivity contribution is 0.0599. The number of amides is 1. The molecule has 5 heteroatoms. The first-order chi connectivity index (χ1) is 10.5. The van der Waals surface area contributed by atoms with Crippen molar-refractivity contribution in [3.63, 3.8) is 0 Å². The first kappa shape index (κ1) is 15.8. The summed E-state index contributed by atoms with van der Waals surface area (Å²) in [6, 6.07) is 9.75. The molecule has 0 spiro atoms. The van der Waals surface area contributed by atoms with E-state index in [9.17, 15) is 9.59 Å². The molecule has 0 aliphatic carbocycles. The minimum Gasteiger partial charge on any atom is -0.465 e. The number of nitrogens with zero attached hydrogens (tertiary/aromatic N) is 1.